The smallest absolute Gasteiger partial charge is 0.243 e. The number of likely N-dealkylation sites (N-methyl/N-ethyl adjacent to an activating group) is 1. The van der Waals surface area contributed by atoms with Gasteiger partial charge in [-0.15, -0.1) is 0 Å². The summed E-state index contributed by atoms with van der Waals surface area (Å²) in [6, 6.07) is 13.5. The lowest BCUT2D eigenvalue weighted by Gasteiger charge is -2.19. The Kier molecular flexibility index (Phi) is 6.33. The van der Waals surface area contributed by atoms with Crippen LogP contribution in [0.25, 0.3) is 5.69 Å². The Hall–Kier alpha value is -3.04. The molecule has 7 nitrogen and oxygen atoms in total. The Morgan fingerprint density at radius 2 is 1.80 bits per heavy atom. The van der Waals surface area contributed by atoms with Crippen molar-refractivity contribution < 1.29 is 17.6 Å². The van der Waals surface area contributed by atoms with Crippen molar-refractivity contribution in [3.05, 3.63) is 77.9 Å². The molecule has 0 aliphatic carbocycles. The van der Waals surface area contributed by atoms with Crippen LogP contribution in [-0.2, 0) is 14.8 Å². The maximum Gasteiger partial charge on any atom is 0.243 e. The van der Waals surface area contributed by atoms with Crippen LogP contribution in [0.1, 0.15) is 24.2 Å². The van der Waals surface area contributed by atoms with Crippen molar-refractivity contribution in [3.63, 3.8) is 0 Å². The number of hydrogen-bond donors (Lipinski definition) is 1. The number of carbonyl (C=O) groups is 1. The van der Waals surface area contributed by atoms with Crippen molar-refractivity contribution in [2.24, 2.45) is 0 Å². The molecular formula is C21H23FN4O3S. The van der Waals surface area contributed by atoms with Crippen LogP contribution in [0.15, 0.2) is 65.7 Å². The van der Waals surface area contributed by atoms with Crippen LogP contribution in [0, 0.1) is 12.7 Å². The highest BCUT2D eigenvalue weighted by molar-refractivity contribution is 7.89. The number of rotatable bonds is 7. The zero-order chi connectivity index (χ0) is 21.9. The molecule has 1 amide bonds. The maximum absolute atomic E-state index is 13.2. The first-order chi connectivity index (χ1) is 14.2. The third-order valence-electron chi connectivity index (χ3n) is 4.78. The van der Waals surface area contributed by atoms with Gasteiger partial charge in [0.05, 0.1) is 29.4 Å². The molecule has 0 bridgehead atoms. The van der Waals surface area contributed by atoms with Crippen molar-refractivity contribution in [1.29, 1.82) is 0 Å². The Bertz CT molecular complexity index is 1130. The van der Waals surface area contributed by atoms with Gasteiger partial charge < -0.3 is 5.32 Å². The van der Waals surface area contributed by atoms with E-state index in [0.29, 0.717) is 5.69 Å². The lowest BCUT2D eigenvalue weighted by molar-refractivity contribution is -0.121. The molecule has 0 spiro atoms. The summed E-state index contributed by atoms with van der Waals surface area (Å²) in [4.78, 5) is 12.6. The quantitative estimate of drug-likeness (QED) is 0.625. The van der Waals surface area contributed by atoms with Gasteiger partial charge in [0, 0.05) is 18.3 Å². The molecule has 1 aromatic heterocycles. The van der Waals surface area contributed by atoms with Gasteiger partial charge in [0.15, 0.2) is 0 Å². The van der Waals surface area contributed by atoms with Crippen molar-refractivity contribution in [3.8, 4) is 5.69 Å². The minimum absolute atomic E-state index is 0.129. The van der Waals surface area contributed by atoms with E-state index in [1.54, 1.807) is 48.1 Å². The average molecular weight is 431 g/mol. The van der Waals surface area contributed by atoms with Gasteiger partial charge in [-0.05, 0) is 50.2 Å². The number of aromatic nitrogens is 2. The SMILES string of the molecule is Cc1c(C(C)NC(=O)CN(C)S(=O)(=O)c2ccccc2)cnn1-c1ccc(F)cc1. The van der Waals surface area contributed by atoms with Crippen molar-refractivity contribution in [2.45, 2.75) is 24.8 Å². The fraction of sp³-hybridized carbons (Fsp3) is 0.238. The molecule has 30 heavy (non-hydrogen) atoms. The van der Waals surface area contributed by atoms with E-state index < -0.39 is 15.9 Å². The van der Waals surface area contributed by atoms with Gasteiger partial charge in [-0.3, -0.25) is 4.79 Å². The average Bonchev–Trinajstić information content (AvgIpc) is 3.10. The monoisotopic (exact) mass is 430 g/mol. The second-order valence-corrected chi connectivity index (χ2v) is 8.98. The van der Waals surface area contributed by atoms with Crippen LogP contribution >= 0.6 is 0 Å². The number of benzene rings is 2. The maximum atomic E-state index is 13.2. The number of carbonyl (C=O) groups excluding carboxylic acids is 1. The van der Waals surface area contributed by atoms with E-state index in [1.807, 2.05) is 6.92 Å². The first kappa shape index (κ1) is 21.7. The number of sulfonamides is 1. The number of amides is 1. The zero-order valence-electron chi connectivity index (χ0n) is 16.9. The summed E-state index contributed by atoms with van der Waals surface area (Å²) in [5, 5.41) is 7.13. The van der Waals surface area contributed by atoms with Gasteiger partial charge in [-0.2, -0.15) is 9.40 Å². The molecular weight excluding hydrogens is 407 g/mol. The summed E-state index contributed by atoms with van der Waals surface area (Å²) in [5.41, 5.74) is 2.27. The molecule has 2 aromatic carbocycles. The third kappa shape index (κ3) is 4.58. The first-order valence-corrected chi connectivity index (χ1v) is 10.8. The highest BCUT2D eigenvalue weighted by Gasteiger charge is 2.24. The molecule has 1 atom stereocenters. The van der Waals surface area contributed by atoms with E-state index in [9.17, 15) is 17.6 Å². The Labute approximate surface area is 175 Å². The van der Waals surface area contributed by atoms with E-state index in [-0.39, 0.29) is 23.3 Å². The minimum Gasteiger partial charge on any atom is -0.348 e. The predicted octanol–water partition coefficient (Wildman–Crippen LogP) is 2.82. The highest BCUT2D eigenvalue weighted by Crippen LogP contribution is 2.20. The van der Waals surface area contributed by atoms with E-state index in [4.69, 9.17) is 0 Å². The standard InChI is InChI=1S/C21H23FN4O3S/c1-15(20-13-23-26(16(20)2)18-11-9-17(22)10-12-18)24-21(27)14-25(3)30(28,29)19-7-5-4-6-8-19/h4-13,15H,14H2,1-3H3,(H,24,27). The third-order valence-corrected chi connectivity index (χ3v) is 6.60. The highest BCUT2D eigenvalue weighted by atomic mass is 32.2. The van der Waals surface area contributed by atoms with E-state index in [1.165, 1.54) is 31.3 Å². The molecule has 0 radical (unpaired) electrons. The molecule has 3 rings (SSSR count). The fourth-order valence-corrected chi connectivity index (χ4v) is 4.26. The van der Waals surface area contributed by atoms with Crippen LogP contribution in [0.5, 0.6) is 0 Å². The number of halogens is 1. The largest absolute Gasteiger partial charge is 0.348 e. The van der Waals surface area contributed by atoms with E-state index in [0.717, 1.165) is 15.6 Å². The minimum atomic E-state index is -3.75. The molecule has 1 N–H and O–H groups in total. The first-order valence-electron chi connectivity index (χ1n) is 9.31. The van der Waals surface area contributed by atoms with Crippen LogP contribution in [-0.4, -0.2) is 42.0 Å². The molecule has 1 heterocycles. The summed E-state index contributed by atoms with van der Waals surface area (Å²) in [7, 11) is -2.39. The van der Waals surface area contributed by atoms with Crippen LogP contribution in [0.4, 0.5) is 4.39 Å². The summed E-state index contributed by atoms with van der Waals surface area (Å²) in [6.45, 7) is 3.33. The van der Waals surface area contributed by atoms with Crippen LogP contribution in [0.2, 0.25) is 0 Å². The molecule has 9 heteroatoms. The van der Waals surface area contributed by atoms with E-state index in [2.05, 4.69) is 10.4 Å². The molecule has 3 aromatic rings. The van der Waals surface area contributed by atoms with E-state index >= 15 is 0 Å². The van der Waals surface area contributed by atoms with Gasteiger partial charge in [-0.25, -0.2) is 17.5 Å². The lowest BCUT2D eigenvalue weighted by atomic mass is 10.1. The van der Waals surface area contributed by atoms with Crippen molar-refractivity contribution in [2.75, 3.05) is 13.6 Å². The normalized spacial score (nSPS) is 12.7. The molecule has 158 valence electrons. The summed E-state index contributed by atoms with van der Waals surface area (Å²) < 4.78 is 41.0. The second-order valence-electron chi connectivity index (χ2n) is 6.94. The zero-order valence-corrected chi connectivity index (χ0v) is 17.7. The molecule has 0 fully saturated rings. The fourth-order valence-electron chi connectivity index (χ4n) is 3.11. The summed E-state index contributed by atoms with van der Waals surface area (Å²) in [6.07, 6.45) is 1.63. The second kappa shape index (κ2) is 8.76. The van der Waals surface area contributed by atoms with Gasteiger partial charge in [0.25, 0.3) is 0 Å². The molecule has 0 aliphatic heterocycles. The van der Waals surface area contributed by atoms with Gasteiger partial charge in [-0.1, -0.05) is 18.2 Å². The Morgan fingerprint density at radius 3 is 2.43 bits per heavy atom. The summed E-state index contributed by atoms with van der Waals surface area (Å²) >= 11 is 0. The van der Waals surface area contributed by atoms with Crippen molar-refractivity contribution in [1.82, 2.24) is 19.4 Å². The Balaban J connectivity index is 1.68. The van der Waals surface area contributed by atoms with Gasteiger partial charge >= 0.3 is 0 Å². The lowest BCUT2D eigenvalue weighted by Crippen LogP contribution is -2.39. The summed E-state index contributed by atoms with van der Waals surface area (Å²) in [5.74, 6) is -0.766. The number of nitrogens with one attached hydrogen (secondary N) is 1. The van der Waals surface area contributed by atoms with Gasteiger partial charge in [0.1, 0.15) is 5.82 Å². The molecule has 0 aliphatic rings. The number of hydrogen-bond acceptors (Lipinski definition) is 4. The Morgan fingerprint density at radius 1 is 1.17 bits per heavy atom. The molecule has 0 saturated heterocycles. The van der Waals surface area contributed by atoms with Crippen LogP contribution in [0.3, 0.4) is 0 Å². The number of nitrogens with zero attached hydrogens (tertiary/aromatic N) is 3. The molecule has 1 unspecified atom stereocenters. The van der Waals surface area contributed by atoms with Gasteiger partial charge in [0.2, 0.25) is 15.9 Å². The van der Waals surface area contributed by atoms with Crippen LogP contribution < -0.4 is 5.32 Å². The molecule has 0 saturated carbocycles. The predicted molar refractivity (Wildman–Crippen MR) is 111 cm³/mol. The topological polar surface area (TPSA) is 84.3 Å². The van der Waals surface area contributed by atoms with Crippen molar-refractivity contribution >= 4 is 15.9 Å².